The fourth-order valence-electron chi connectivity index (χ4n) is 3.47. The summed E-state index contributed by atoms with van der Waals surface area (Å²) in [6.07, 6.45) is -3.91. The van der Waals surface area contributed by atoms with E-state index >= 15 is 0 Å². The number of nitrogens with zero attached hydrogens (tertiary/aromatic N) is 1. The van der Waals surface area contributed by atoms with Gasteiger partial charge in [-0.3, -0.25) is 4.79 Å². The predicted molar refractivity (Wildman–Crippen MR) is 127 cm³/mol. The third-order valence-electron chi connectivity index (χ3n) is 5.42. The highest BCUT2D eigenvalue weighted by molar-refractivity contribution is 5.90. The fraction of sp³-hybridized carbons (Fsp3) is 0.259. The van der Waals surface area contributed by atoms with Crippen molar-refractivity contribution in [3.05, 3.63) is 95.1 Å². The fourth-order valence-corrected chi connectivity index (χ4v) is 3.47. The monoisotopic (exact) mass is 501 g/mol. The minimum atomic E-state index is -4.41. The first-order chi connectivity index (χ1) is 17.2. The lowest BCUT2D eigenvalue weighted by molar-refractivity contribution is -0.137. The van der Waals surface area contributed by atoms with Crippen molar-refractivity contribution < 1.29 is 37.3 Å². The minimum Gasteiger partial charge on any atom is -0.492 e. The molecule has 0 aliphatic rings. The number of rotatable bonds is 11. The lowest BCUT2D eigenvalue weighted by atomic mass is 10.1. The van der Waals surface area contributed by atoms with Gasteiger partial charge in [-0.15, -0.1) is 0 Å². The molecule has 0 aliphatic heterocycles. The highest BCUT2D eigenvalue weighted by Gasteiger charge is 2.30. The number of carboxylic acids is 1. The molecule has 3 rings (SSSR count). The molecule has 0 fully saturated rings. The molecule has 1 amide bonds. The van der Waals surface area contributed by atoms with E-state index in [0.717, 1.165) is 17.7 Å². The van der Waals surface area contributed by atoms with Crippen LogP contribution in [0.25, 0.3) is 0 Å². The highest BCUT2D eigenvalue weighted by Crippen LogP contribution is 2.29. The van der Waals surface area contributed by atoms with Crippen molar-refractivity contribution in [2.24, 2.45) is 0 Å². The normalized spacial score (nSPS) is 11.1. The van der Waals surface area contributed by atoms with E-state index in [1.54, 1.807) is 43.3 Å². The van der Waals surface area contributed by atoms with Gasteiger partial charge in [-0.1, -0.05) is 36.4 Å². The molecule has 0 spiro atoms. The summed E-state index contributed by atoms with van der Waals surface area (Å²) in [5, 5.41) is 9.23. The van der Waals surface area contributed by atoms with Crippen molar-refractivity contribution in [1.29, 1.82) is 0 Å². The van der Waals surface area contributed by atoms with E-state index in [1.807, 2.05) is 6.07 Å². The molecule has 3 aromatic rings. The molecule has 190 valence electrons. The molecule has 36 heavy (non-hydrogen) atoms. The Hall–Kier alpha value is -4.01. The van der Waals surface area contributed by atoms with Crippen LogP contribution in [0.5, 0.6) is 11.5 Å². The summed E-state index contributed by atoms with van der Waals surface area (Å²) < 4.78 is 49.5. The third kappa shape index (κ3) is 7.49. The maximum absolute atomic E-state index is 12.7. The maximum atomic E-state index is 12.7. The van der Waals surface area contributed by atoms with E-state index in [9.17, 15) is 27.9 Å². The molecule has 6 nitrogen and oxygen atoms in total. The lowest BCUT2D eigenvalue weighted by Gasteiger charge is -2.21. The summed E-state index contributed by atoms with van der Waals surface area (Å²) in [5.41, 5.74) is 0.819. The number of alkyl halides is 3. The van der Waals surface area contributed by atoms with E-state index in [-0.39, 0.29) is 37.0 Å². The van der Waals surface area contributed by atoms with Crippen LogP contribution in [0.15, 0.2) is 72.8 Å². The number of hydrogen-bond donors (Lipinski definition) is 1. The smallest absolute Gasteiger partial charge is 0.416 e. The van der Waals surface area contributed by atoms with Crippen LogP contribution in [0.2, 0.25) is 0 Å². The Bertz CT molecular complexity index is 1180. The first-order valence-corrected chi connectivity index (χ1v) is 11.3. The van der Waals surface area contributed by atoms with Gasteiger partial charge in [0, 0.05) is 19.5 Å². The molecule has 3 aromatic carbocycles. The predicted octanol–water partition coefficient (Wildman–Crippen LogP) is 5.45. The molecule has 0 saturated heterocycles. The third-order valence-corrected chi connectivity index (χ3v) is 5.42. The zero-order chi connectivity index (χ0) is 26.1. The first-order valence-electron chi connectivity index (χ1n) is 11.3. The Balaban J connectivity index is 1.52. The summed E-state index contributed by atoms with van der Waals surface area (Å²) in [5.74, 6) is -0.588. The van der Waals surface area contributed by atoms with E-state index in [2.05, 4.69) is 0 Å². The standard InChI is InChI=1S/C27H26F3NO5/c1-2-31(17-20-10-12-21(13-11-20)27(28,29)30)25(32)18-36-22-7-5-6-19(16-22)14-15-35-24-9-4-3-8-23(24)26(33)34/h3-13,16H,2,14-15,17-18H2,1H3,(H,33,34). The van der Waals surface area contributed by atoms with Crippen LogP contribution in [-0.2, 0) is 23.9 Å². The topological polar surface area (TPSA) is 76.1 Å². The number of aromatic carboxylic acids is 1. The average molecular weight is 502 g/mol. The second-order valence-corrected chi connectivity index (χ2v) is 7.94. The number of carboxylic acid groups (broad SMARTS) is 1. The number of amides is 1. The minimum absolute atomic E-state index is 0.0878. The number of benzene rings is 3. The van der Waals surface area contributed by atoms with Gasteiger partial charge in [0.25, 0.3) is 5.91 Å². The number of para-hydroxylation sites is 1. The molecule has 0 atom stereocenters. The van der Waals surface area contributed by atoms with Gasteiger partial charge in [0.1, 0.15) is 17.1 Å². The van der Waals surface area contributed by atoms with Crippen LogP contribution in [-0.4, -0.2) is 41.6 Å². The Kier molecular flexibility index (Phi) is 8.94. The quantitative estimate of drug-likeness (QED) is 0.378. The molecule has 0 aromatic heterocycles. The van der Waals surface area contributed by atoms with Crippen LogP contribution in [0, 0.1) is 0 Å². The van der Waals surface area contributed by atoms with Crippen molar-refractivity contribution in [2.45, 2.75) is 26.1 Å². The van der Waals surface area contributed by atoms with Crippen LogP contribution in [0.3, 0.4) is 0 Å². The van der Waals surface area contributed by atoms with Crippen molar-refractivity contribution in [1.82, 2.24) is 4.90 Å². The Morgan fingerprint density at radius 1 is 0.917 bits per heavy atom. The Morgan fingerprint density at radius 3 is 2.31 bits per heavy atom. The van der Waals surface area contributed by atoms with Crippen molar-refractivity contribution >= 4 is 11.9 Å². The van der Waals surface area contributed by atoms with Gasteiger partial charge < -0.3 is 19.5 Å². The molecule has 0 unspecified atom stereocenters. The molecule has 1 N–H and O–H groups in total. The number of hydrogen-bond acceptors (Lipinski definition) is 4. The van der Waals surface area contributed by atoms with Gasteiger partial charge in [0.2, 0.25) is 0 Å². The number of halogens is 3. The van der Waals surface area contributed by atoms with Gasteiger partial charge in [0.05, 0.1) is 12.2 Å². The summed E-state index contributed by atoms with van der Waals surface area (Å²) in [7, 11) is 0. The van der Waals surface area contributed by atoms with Crippen LogP contribution in [0.1, 0.15) is 34.0 Å². The Morgan fingerprint density at radius 2 is 1.64 bits per heavy atom. The summed E-state index contributed by atoms with van der Waals surface area (Å²) in [6, 6.07) is 18.2. The maximum Gasteiger partial charge on any atom is 0.416 e. The Labute approximate surface area is 206 Å². The number of carbonyl (C=O) groups is 2. The first kappa shape index (κ1) is 26.6. The molecule has 0 heterocycles. The molecule has 9 heteroatoms. The SMILES string of the molecule is CCN(Cc1ccc(C(F)(F)F)cc1)C(=O)COc1cccc(CCOc2ccccc2C(=O)O)c1. The number of likely N-dealkylation sites (N-methyl/N-ethyl adjacent to an activating group) is 1. The molecular formula is C27H26F3NO5. The average Bonchev–Trinajstić information content (AvgIpc) is 2.86. The summed E-state index contributed by atoms with van der Waals surface area (Å²) >= 11 is 0. The molecule has 0 radical (unpaired) electrons. The highest BCUT2D eigenvalue weighted by atomic mass is 19.4. The van der Waals surface area contributed by atoms with Gasteiger partial charge in [0.15, 0.2) is 6.61 Å². The second kappa shape index (κ2) is 12.1. The van der Waals surface area contributed by atoms with Gasteiger partial charge in [-0.2, -0.15) is 13.2 Å². The van der Waals surface area contributed by atoms with Crippen LogP contribution < -0.4 is 9.47 Å². The van der Waals surface area contributed by atoms with Crippen molar-refractivity contribution in [3.63, 3.8) is 0 Å². The molecule has 0 saturated carbocycles. The largest absolute Gasteiger partial charge is 0.492 e. The molecular weight excluding hydrogens is 475 g/mol. The van der Waals surface area contributed by atoms with Gasteiger partial charge >= 0.3 is 12.1 Å². The number of carbonyl (C=O) groups excluding carboxylic acids is 1. The van der Waals surface area contributed by atoms with Crippen molar-refractivity contribution in [3.8, 4) is 11.5 Å². The van der Waals surface area contributed by atoms with Crippen LogP contribution in [0.4, 0.5) is 13.2 Å². The van der Waals surface area contributed by atoms with E-state index < -0.39 is 17.7 Å². The molecule has 0 aliphatic carbocycles. The second-order valence-electron chi connectivity index (χ2n) is 7.94. The van der Waals surface area contributed by atoms with E-state index in [0.29, 0.717) is 24.3 Å². The lowest BCUT2D eigenvalue weighted by Crippen LogP contribution is -2.34. The number of ether oxygens (including phenoxy) is 2. The van der Waals surface area contributed by atoms with Gasteiger partial charge in [-0.05, 0) is 54.4 Å². The van der Waals surface area contributed by atoms with E-state index in [1.165, 1.54) is 23.1 Å². The van der Waals surface area contributed by atoms with Gasteiger partial charge in [-0.25, -0.2) is 4.79 Å². The molecule has 0 bridgehead atoms. The zero-order valence-corrected chi connectivity index (χ0v) is 19.6. The van der Waals surface area contributed by atoms with Crippen molar-refractivity contribution in [2.75, 3.05) is 19.8 Å². The summed E-state index contributed by atoms with van der Waals surface area (Å²) in [4.78, 5) is 25.4. The van der Waals surface area contributed by atoms with Crippen LogP contribution >= 0.6 is 0 Å². The summed E-state index contributed by atoms with van der Waals surface area (Å²) in [6.45, 7) is 2.36. The van der Waals surface area contributed by atoms with E-state index in [4.69, 9.17) is 9.47 Å². The zero-order valence-electron chi connectivity index (χ0n) is 19.6.